The van der Waals surface area contributed by atoms with Crippen LogP contribution in [0, 0.1) is 11.8 Å². The van der Waals surface area contributed by atoms with Crippen molar-refractivity contribution in [1.82, 2.24) is 0 Å². The molecule has 0 bridgehead atoms. The summed E-state index contributed by atoms with van der Waals surface area (Å²) in [5.74, 6) is 6.77. The van der Waals surface area contributed by atoms with Crippen LogP contribution in [0.5, 0.6) is 0 Å². The lowest BCUT2D eigenvalue weighted by atomic mass is 9.98. The standard InChI is InChI=1S/C15H21N/c1-4-12(3)14-9-6-13(7-10-14)8-11-15(16)5-2/h6-7,9-10,12,15H,4-5,16H2,1-3H3. The van der Waals surface area contributed by atoms with Crippen molar-refractivity contribution in [2.24, 2.45) is 5.73 Å². The van der Waals surface area contributed by atoms with Crippen LogP contribution in [-0.2, 0) is 0 Å². The van der Waals surface area contributed by atoms with Crippen molar-refractivity contribution in [2.75, 3.05) is 0 Å². The molecule has 0 radical (unpaired) electrons. The summed E-state index contributed by atoms with van der Waals surface area (Å²) < 4.78 is 0. The highest BCUT2D eigenvalue weighted by Gasteiger charge is 2.01. The van der Waals surface area contributed by atoms with Crippen LogP contribution in [0.4, 0.5) is 0 Å². The largest absolute Gasteiger partial charge is 0.318 e. The monoisotopic (exact) mass is 215 g/mol. The maximum atomic E-state index is 5.75. The summed E-state index contributed by atoms with van der Waals surface area (Å²) >= 11 is 0. The van der Waals surface area contributed by atoms with Gasteiger partial charge in [0.1, 0.15) is 0 Å². The zero-order valence-electron chi connectivity index (χ0n) is 10.5. The van der Waals surface area contributed by atoms with Crippen LogP contribution < -0.4 is 5.73 Å². The van der Waals surface area contributed by atoms with Crippen molar-refractivity contribution < 1.29 is 0 Å². The SMILES string of the molecule is CCC(N)C#Cc1ccc(C(C)CC)cc1. The Labute approximate surface area is 99.1 Å². The van der Waals surface area contributed by atoms with Crippen molar-refractivity contribution in [1.29, 1.82) is 0 Å². The predicted octanol–water partition coefficient (Wildman–Crippen LogP) is 3.29. The first-order valence-corrected chi connectivity index (χ1v) is 6.04. The molecule has 2 atom stereocenters. The quantitative estimate of drug-likeness (QED) is 0.769. The van der Waals surface area contributed by atoms with Crippen molar-refractivity contribution in [3.05, 3.63) is 35.4 Å². The van der Waals surface area contributed by atoms with Gasteiger partial charge in [-0.1, -0.05) is 44.7 Å². The molecule has 0 saturated carbocycles. The summed E-state index contributed by atoms with van der Waals surface area (Å²) in [7, 11) is 0. The highest BCUT2D eigenvalue weighted by atomic mass is 14.6. The Kier molecular flexibility index (Phi) is 5.08. The second kappa shape index (κ2) is 6.35. The van der Waals surface area contributed by atoms with Crippen molar-refractivity contribution in [3.8, 4) is 11.8 Å². The van der Waals surface area contributed by atoms with Gasteiger partial charge in [-0.2, -0.15) is 0 Å². The van der Waals surface area contributed by atoms with E-state index in [1.807, 2.05) is 6.92 Å². The van der Waals surface area contributed by atoms with E-state index in [4.69, 9.17) is 5.73 Å². The van der Waals surface area contributed by atoms with Crippen molar-refractivity contribution in [3.63, 3.8) is 0 Å². The topological polar surface area (TPSA) is 26.0 Å². The summed E-state index contributed by atoms with van der Waals surface area (Å²) in [5, 5.41) is 0. The smallest absolute Gasteiger partial charge is 0.0665 e. The molecular formula is C15H21N. The van der Waals surface area contributed by atoms with Crippen LogP contribution in [0.25, 0.3) is 0 Å². The first-order valence-electron chi connectivity index (χ1n) is 6.04. The molecule has 0 aliphatic rings. The van der Waals surface area contributed by atoms with Crippen molar-refractivity contribution >= 4 is 0 Å². The maximum Gasteiger partial charge on any atom is 0.0665 e. The molecule has 0 fully saturated rings. The Morgan fingerprint density at radius 2 is 1.75 bits per heavy atom. The third-order valence-corrected chi connectivity index (χ3v) is 2.93. The van der Waals surface area contributed by atoms with E-state index < -0.39 is 0 Å². The van der Waals surface area contributed by atoms with Gasteiger partial charge in [0.2, 0.25) is 0 Å². The molecule has 2 N–H and O–H groups in total. The van der Waals surface area contributed by atoms with Crippen LogP contribution in [-0.4, -0.2) is 6.04 Å². The molecule has 0 aliphatic carbocycles. The molecule has 1 aromatic rings. The molecule has 16 heavy (non-hydrogen) atoms. The number of hydrogen-bond acceptors (Lipinski definition) is 1. The number of hydrogen-bond donors (Lipinski definition) is 1. The summed E-state index contributed by atoms with van der Waals surface area (Å²) in [5.41, 5.74) is 8.18. The Balaban J connectivity index is 2.74. The van der Waals surface area contributed by atoms with Crippen LogP contribution >= 0.6 is 0 Å². The van der Waals surface area contributed by atoms with Crippen LogP contribution in [0.15, 0.2) is 24.3 Å². The van der Waals surface area contributed by atoms with E-state index in [0.717, 1.165) is 12.0 Å². The highest BCUT2D eigenvalue weighted by molar-refractivity contribution is 5.37. The third kappa shape index (κ3) is 3.72. The molecule has 1 aromatic carbocycles. The number of nitrogens with two attached hydrogens (primary N) is 1. The van der Waals surface area contributed by atoms with E-state index in [0.29, 0.717) is 5.92 Å². The van der Waals surface area contributed by atoms with Crippen LogP contribution in [0.3, 0.4) is 0 Å². The predicted molar refractivity (Wildman–Crippen MR) is 70.3 cm³/mol. The van der Waals surface area contributed by atoms with Gasteiger partial charge in [-0.15, -0.1) is 0 Å². The zero-order valence-corrected chi connectivity index (χ0v) is 10.5. The second-order valence-electron chi connectivity index (χ2n) is 4.22. The Bertz CT molecular complexity index is 367. The zero-order chi connectivity index (χ0) is 12.0. The van der Waals surface area contributed by atoms with Gasteiger partial charge in [-0.25, -0.2) is 0 Å². The fourth-order valence-corrected chi connectivity index (χ4v) is 1.41. The minimum Gasteiger partial charge on any atom is -0.318 e. The van der Waals surface area contributed by atoms with Gasteiger partial charge in [-0.3, -0.25) is 0 Å². The molecule has 0 aromatic heterocycles. The molecule has 86 valence electrons. The van der Waals surface area contributed by atoms with E-state index in [1.165, 1.54) is 12.0 Å². The van der Waals surface area contributed by atoms with Gasteiger partial charge in [0.15, 0.2) is 0 Å². The normalized spacial score (nSPS) is 13.8. The lowest BCUT2D eigenvalue weighted by Crippen LogP contribution is -2.15. The molecule has 1 nitrogen and oxygen atoms in total. The van der Waals surface area contributed by atoms with E-state index in [-0.39, 0.29) is 6.04 Å². The fourth-order valence-electron chi connectivity index (χ4n) is 1.41. The van der Waals surface area contributed by atoms with Gasteiger partial charge in [-0.05, 0) is 36.5 Å². The summed E-state index contributed by atoms with van der Waals surface area (Å²) in [6, 6.07) is 8.48. The molecule has 0 amide bonds. The first-order chi connectivity index (χ1) is 7.67. The van der Waals surface area contributed by atoms with Gasteiger partial charge in [0, 0.05) is 5.56 Å². The molecule has 1 heteroatoms. The summed E-state index contributed by atoms with van der Waals surface area (Å²) in [6.45, 7) is 6.50. The highest BCUT2D eigenvalue weighted by Crippen LogP contribution is 2.18. The minimum atomic E-state index is -0.00533. The lowest BCUT2D eigenvalue weighted by Gasteiger charge is -2.08. The Hall–Kier alpha value is -1.26. The average molecular weight is 215 g/mol. The Morgan fingerprint density at radius 1 is 1.12 bits per heavy atom. The summed E-state index contributed by atoms with van der Waals surface area (Å²) in [6.07, 6.45) is 2.07. The van der Waals surface area contributed by atoms with Crippen LogP contribution in [0.1, 0.15) is 50.7 Å². The number of benzene rings is 1. The fraction of sp³-hybridized carbons (Fsp3) is 0.467. The minimum absolute atomic E-state index is 0.00533. The lowest BCUT2D eigenvalue weighted by molar-refractivity contribution is 0.733. The maximum absolute atomic E-state index is 5.75. The molecule has 0 heterocycles. The molecule has 0 saturated heterocycles. The van der Waals surface area contributed by atoms with E-state index in [1.54, 1.807) is 0 Å². The van der Waals surface area contributed by atoms with Gasteiger partial charge in [0.05, 0.1) is 6.04 Å². The van der Waals surface area contributed by atoms with Gasteiger partial charge >= 0.3 is 0 Å². The third-order valence-electron chi connectivity index (χ3n) is 2.93. The second-order valence-corrected chi connectivity index (χ2v) is 4.22. The van der Waals surface area contributed by atoms with Crippen LogP contribution in [0.2, 0.25) is 0 Å². The first kappa shape index (κ1) is 12.8. The molecule has 0 spiro atoms. The average Bonchev–Trinajstić information content (AvgIpc) is 2.35. The van der Waals surface area contributed by atoms with E-state index >= 15 is 0 Å². The molecule has 2 unspecified atom stereocenters. The molecule has 1 rings (SSSR count). The molecule has 0 aliphatic heterocycles. The molecular weight excluding hydrogens is 194 g/mol. The van der Waals surface area contributed by atoms with E-state index in [2.05, 4.69) is 50.0 Å². The Morgan fingerprint density at radius 3 is 2.25 bits per heavy atom. The van der Waals surface area contributed by atoms with E-state index in [9.17, 15) is 0 Å². The number of rotatable bonds is 3. The summed E-state index contributed by atoms with van der Waals surface area (Å²) in [4.78, 5) is 0. The van der Waals surface area contributed by atoms with Gasteiger partial charge < -0.3 is 5.73 Å². The van der Waals surface area contributed by atoms with Gasteiger partial charge in [0.25, 0.3) is 0 Å². The van der Waals surface area contributed by atoms with Crippen molar-refractivity contribution in [2.45, 2.75) is 45.6 Å².